The molecule has 0 atom stereocenters. The van der Waals surface area contributed by atoms with Crippen LogP contribution < -0.4 is 21.1 Å². The number of carbonyl (C=O) groups excluding carboxylic acids is 1. The first-order valence-corrected chi connectivity index (χ1v) is 10.5. The third-order valence-corrected chi connectivity index (χ3v) is 5.44. The van der Waals surface area contributed by atoms with Crippen LogP contribution in [0.25, 0.3) is 16.7 Å². The van der Waals surface area contributed by atoms with Gasteiger partial charge in [0.15, 0.2) is 0 Å². The van der Waals surface area contributed by atoms with E-state index in [-0.39, 0.29) is 28.5 Å². The average molecular weight is 447 g/mol. The highest BCUT2D eigenvalue weighted by Gasteiger charge is 2.17. The summed E-state index contributed by atoms with van der Waals surface area (Å²) < 4.78 is 13.3. The number of amides is 1. The van der Waals surface area contributed by atoms with Crippen LogP contribution >= 0.6 is 0 Å². The van der Waals surface area contributed by atoms with E-state index in [0.29, 0.717) is 30.9 Å². The monoisotopic (exact) mass is 447 g/mol. The van der Waals surface area contributed by atoms with Crippen LogP contribution in [0, 0.1) is 5.41 Å². The maximum atomic E-state index is 13.1. The minimum atomic E-state index is -0.417. The van der Waals surface area contributed by atoms with Crippen molar-refractivity contribution in [3.63, 3.8) is 0 Å². The molecule has 0 aliphatic heterocycles. The Morgan fingerprint density at radius 2 is 1.94 bits per heavy atom. The predicted octanol–water partition coefficient (Wildman–Crippen LogP) is 1.76. The van der Waals surface area contributed by atoms with E-state index in [0.717, 1.165) is 11.3 Å². The van der Waals surface area contributed by atoms with Gasteiger partial charge in [-0.1, -0.05) is 18.2 Å². The first kappa shape index (κ1) is 22.2. The van der Waals surface area contributed by atoms with Gasteiger partial charge in [-0.25, -0.2) is 4.98 Å². The van der Waals surface area contributed by atoms with Crippen LogP contribution in [0.2, 0.25) is 0 Å². The molecule has 3 heterocycles. The molecule has 0 radical (unpaired) electrons. The second-order valence-electron chi connectivity index (χ2n) is 7.49. The fourth-order valence-corrected chi connectivity index (χ4v) is 3.67. The summed E-state index contributed by atoms with van der Waals surface area (Å²) in [6.45, 7) is 0.980. The van der Waals surface area contributed by atoms with Gasteiger partial charge >= 0.3 is 0 Å². The molecule has 3 aromatic heterocycles. The summed E-state index contributed by atoms with van der Waals surface area (Å²) in [7, 11) is 3.17. The lowest BCUT2D eigenvalue weighted by Gasteiger charge is -2.14. The van der Waals surface area contributed by atoms with Crippen LogP contribution in [0.1, 0.15) is 15.9 Å². The molecule has 33 heavy (non-hydrogen) atoms. The summed E-state index contributed by atoms with van der Waals surface area (Å²) in [6, 6.07) is 14.3. The van der Waals surface area contributed by atoms with Crippen molar-refractivity contribution in [2.75, 3.05) is 27.4 Å². The smallest absolute Gasteiger partial charge is 0.267 e. The number of benzene rings is 1. The Labute approximate surface area is 189 Å². The SMILES string of the molecule is COCCn1c(=N)c(C(=O)NCCc2ccc(OC)cc2)cc2c(=O)n3ccccc3nc21. The van der Waals surface area contributed by atoms with Crippen LogP contribution in [0.4, 0.5) is 0 Å². The molecular formula is C24H25N5O4. The number of nitrogens with one attached hydrogen (secondary N) is 2. The molecule has 1 amide bonds. The highest BCUT2D eigenvalue weighted by Crippen LogP contribution is 2.12. The molecule has 4 aromatic rings. The van der Waals surface area contributed by atoms with Gasteiger partial charge in [-0.2, -0.15) is 0 Å². The molecule has 2 N–H and O–H groups in total. The number of methoxy groups -OCH3 is 2. The van der Waals surface area contributed by atoms with E-state index in [2.05, 4.69) is 10.3 Å². The van der Waals surface area contributed by atoms with Gasteiger partial charge in [0.25, 0.3) is 11.5 Å². The lowest BCUT2D eigenvalue weighted by molar-refractivity contribution is 0.0951. The van der Waals surface area contributed by atoms with Crippen molar-refractivity contribution in [1.29, 1.82) is 5.41 Å². The lowest BCUT2D eigenvalue weighted by Crippen LogP contribution is -2.36. The molecule has 0 aliphatic carbocycles. The molecule has 4 rings (SSSR count). The maximum Gasteiger partial charge on any atom is 0.267 e. The largest absolute Gasteiger partial charge is 0.497 e. The molecule has 0 aliphatic rings. The van der Waals surface area contributed by atoms with Crippen LogP contribution in [0.3, 0.4) is 0 Å². The van der Waals surface area contributed by atoms with Gasteiger partial charge in [0.05, 0.1) is 24.7 Å². The van der Waals surface area contributed by atoms with Crippen LogP contribution in [-0.4, -0.2) is 47.2 Å². The third-order valence-electron chi connectivity index (χ3n) is 5.44. The molecule has 9 heteroatoms. The summed E-state index contributed by atoms with van der Waals surface area (Å²) in [5.74, 6) is 0.352. The van der Waals surface area contributed by atoms with Crippen molar-refractivity contribution in [2.24, 2.45) is 0 Å². The number of ether oxygens (including phenoxy) is 2. The molecule has 0 spiro atoms. The van der Waals surface area contributed by atoms with E-state index in [1.807, 2.05) is 24.3 Å². The van der Waals surface area contributed by atoms with Gasteiger partial charge in [0.2, 0.25) is 0 Å². The Kier molecular flexibility index (Phi) is 6.50. The van der Waals surface area contributed by atoms with Crippen LogP contribution in [-0.2, 0) is 17.7 Å². The van der Waals surface area contributed by atoms with Gasteiger partial charge in [-0.3, -0.25) is 19.4 Å². The molecule has 0 saturated carbocycles. The standard InChI is InChI=1S/C24H25N5O4/c1-32-14-13-29-21(25)18(23(30)26-11-10-16-6-8-17(33-2)9-7-16)15-19-22(29)27-20-5-3-4-12-28(20)24(19)31/h3-9,12,15,25H,10-11,13-14H2,1-2H3,(H,26,30). The summed E-state index contributed by atoms with van der Waals surface area (Å²) in [5.41, 5.74) is 1.66. The van der Waals surface area contributed by atoms with E-state index in [1.54, 1.807) is 43.2 Å². The van der Waals surface area contributed by atoms with Gasteiger partial charge in [0, 0.05) is 26.4 Å². The minimum absolute atomic E-state index is 0.0197. The van der Waals surface area contributed by atoms with Gasteiger partial charge < -0.3 is 19.4 Å². The molecule has 0 fully saturated rings. The number of rotatable bonds is 8. The number of hydrogen-bond donors (Lipinski definition) is 2. The Balaban J connectivity index is 1.68. The van der Waals surface area contributed by atoms with E-state index in [4.69, 9.17) is 14.9 Å². The highest BCUT2D eigenvalue weighted by atomic mass is 16.5. The summed E-state index contributed by atoms with van der Waals surface area (Å²) in [6.07, 6.45) is 2.25. The second-order valence-corrected chi connectivity index (χ2v) is 7.49. The quantitative estimate of drug-likeness (QED) is 0.400. The van der Waals surface area contributed by atoms with Crippen molar-refractivity contribution in [3.05, 3.63) is 81.7 Å². The van der Waals surface area contributed by atoms with Crippen molar-refractivity contribution >= 4 is 22.6 Å². The molecular weight excluding hydrogens is 422 g/mol. The van der Waals surface area contributed by atoms with Crippen molar-refractivity contribution in [3.8, 4) is 5.75 Å². The minimum Gasteiger partial charge on any atom is -0.497 e. The number of nitrogens with zero attached hydrogens (tertiary/aromatic N) is 3. The first-order valence-electron chi connectivity index (χ1n) is 10.5. The number of aromatic nitrogens is 3. The lowest BCUT2D eigenvalue weighted by atomic mass is 10.1. The normalized spacial score (nSPS) is 11.1. The maximum absolute atomic E-state index is 13.1. The zero-order valence-electron chi connectivity index (χ0n) is 18.5. The topological polar surface area (TPSA) is 111 Å². The summed E-state index contributed by atoms with van der Waals surface area (Å²) in [5, 5.41) is 11.8. The third kappa shape index (κ3) is 4.49. The zero-order valence-corrected chi connectivity index (χ0v) is 18.5. The summed E-state index contributed by atoms with van der Waals surface area (Å²) in [4.78, 5) is 30.7. The molecule has 0 unspecified atom stereocenters. The van der Waals surface area contributed by atoms with Crippen LogP contribution in [0.15, 0.2) is 59.5 Å². The van der Waals surface area contributed by atoms with Crippen molar-refractivity contribution in [1.82, 2.24) is 19.3 Å². The fourth-order valence-electron chi connectivity index (χ4n) is 3.67. The Morgan fingerprint density at radius 1 is 1.15 bits per heavy atom. The Morgan fingerprint density at radius 3 is 2.67 bits per heavy atom. The van der Waals surface area contributed by atoms with Crippen molar-refractivity contribution < 1.29 is 14.3 Å². The van der Waals surface area contributed by atoms with E-state index in [9.17, 15) is 9.59 Å². The first-order chi connectivity index (χ1) is 16.0. The molecule has 170 valence electrons. The van der Waals surface area contributed by atoms with E-state index in [1.165, 1.54) is 10.5 Å². The molecule has 0 saturated heterocycles. The fraction of sp³-hybridized carbons (Fsp3) is 0.250. The Bertz CT molecular complexity index is 1420. The number of pyridine rings is 2. The number of fused-ring (bicyclic) bond motifs is 2. The van der Waals surface area contributed by atoms with Crippen molar-refractivity contribution in [2.45, 2.75) is 13.0 Å². The summed E-state index contributed by atoms with van der Waals surface area (Å²) >= 11 is 0. The molecule has 9 nitrogen and oxygen atoms in total. The number of hydrogen-bond acceptors (Lipinski definition) is 6. The Hall–Kier alpha value is -3.98. The van der Waals surface area contributed by atoms with Gasteiger partial charge in [-0.05, 0) is 42.3 Å². The molecule has 0 bridgehead atoms. The van der Waals surface area contributed by atoms with Crippen LogP contribution in [0.5, 0.6) is 5.75 Å². The predicted molar refractivity (Wildman–Crippen MR) is 124 cm³/mol. The van der Waals surface area contributed by atoms with E-state index >= 15 is 0 Å². The second kappa shape index (κ2) is 9.66. The average Bonchev–Trinajstić information content (AvgIpc) is 2.84. The van der Waals surface area contributed by atoms with Gasteiger partial charge in [0.1, 0.15) is 22.5 Å². The zero-order chi connectivity index (χ0) is 23.4. The highest BCUT2D eigenvalue weighted by molar-refractivity contribution is 5.96. The molecule has 1 aromatic carbocycles. The van der Waals surface area contributed by atoms with Gasteiger partial charge in [-0.15, -0.1) is 0 Å². The van der Waals surface area contributed by atoms with E-state index < -0.39 is 5.91 Å². The number of carbonyl (C=O) groups is 1.